The molecular formula is C12H20N2. The van der Waals surface area contributed by atoms with E-state index in [4.69, 9.17) is 0 Å². The van der Waals surface area contributed by atoms with Gasteiger partial charge in [-0.1, -0.05) is 12.8 Å². The van der Waals surface area contributed by atoms with Crippen LogP contribution in [0.3, 0.4) is 0 Å². The van der Waals surface area contributed by atoms with E-state index in [1.165, 1.54) is 31.2 Å². The minimum atomic E-state index is 0.674. The first-order valence-electron chi connectivity index (χ1n) is 5.71. The first-order chi connectivity index (χ1) is 6.86. The second kappa shape index (κ2) is 4.65. The molecule has 1 atom stereocenters. The normalized spacial score (nSPS) is 20.1. The summed E-state index contributed by atoms with van der Waals surface area (Å²) in [6, 6.07) is 2.81. The van der Waals surface area contributed by atoms with Crippen molar-refractivity contribution in [3.05, 3.63) is 24.0 Å². The molecule has 1 heterocycles. The molecule has 0 bridgehead atoms. The Kier molecular flexibility index (Phi) is 3.25. The molecule has 2 heteroatoms. The SMILES string of the molecule is C[C@H](NCc1cc[nH]c1)C1CCCC1. The first kappa shape index (κ1) is 9.78. The molecule has 0 spiro atoms. The van der Waals surface area contributed by atoms with E-state index >= 15 is 0 Å². The van der Waals surface area contributed by atoms with Gasteiger partial charge >= 0.3 is 0 Å². The van der Waals surface area contributed by atoms with E-state index < -0.39 is 0 Å². The third kappa shape index (κ3) is 2.38. The summed E-state index contributed by atoms with van der Waals surface area (Å²) in [4.78, 5) is 3.08. The van der Waals surface area contributed by atoms with Crippen LogP contribution >= 0.6 is 0 Å². The summed E-state index contributed by atoms with van der Waals surface area (Å²) in [5.74, 6) is 0.911. The van der Waals surface area contributed by atoms with Crippen LogP contribution in [0.2, 0.25) is 0 Å². The lowest BCUT2D eigenvalue weighted by Gasteiger charge is -2.19. The fourth-order valence-corrected chi connectivity index (χ4v) is 2.37. The van der Waals surface area contributed by atoms with Crippen LogP contribution in [0.15, 0.2) is 18.5 Å². The van der Waals surface area contributed by atoms with Crippen LogP contribution in [0, 0.1) is 5.92 Å². The van der Waals surface area contributed by atoms with Crippen LogP contribution < -0.4 is 5.32 Å². The fourth-order valence-electron chi connectivity index (χ4n) is 2.37. The molecule has 1 aromatic rings. The average Bonchev–Trinajstić information content (AvgIpc) is 2.87. The number of H-pyrrole nitrogens is 1. The standard InChI is InChI=1S/C12H20N2/c1-10(12-4-2-3-5-12)14-9-11-6-7-13-8-11/h6-8,10,12-14H,2-5,9H2,1H3/t10-/m0/s1. The molecule has 78 valence electrons. The summed E-state index contributed by atoms with van der Waals surface area (Å²) in [7, 11) is 0. The van der Waals surface area contributed by atoms with Crippen molar-refractivity contribution < 1.29 is 0 Å². The summed E-state index contributed by atoms with van der Waals surface area (Å²) in [6.07, 6.45) is 9.75. The number of hydrogen-bond acceptors (Lipinski definition) is 1. The average molecular weight is 192 g/mol. The van der Waals surface area contributed by atoms with Gasteiger partial charge in [0.25, 0.3) is 0 Å². The van der Waals surface area contributed by atoms with E-state index in [2.05, 4.69) is 29.5 Å². The Labute approximate surface area is 86.1 Å². The fraction of sp³-hybridized carbons (Fsp3) is 0.667. The van der Waals surface area contributed by atoms with Gasteiger partial charge in [-0.05, 0) is 37.3 Å². The second-order valence-electron chi connectivity index (χ2n) is 4.43. The quantitative estimate of drug-likeness (QED) is 0.754. The molecule has 1 fully saturated rings. The highest BCUT2D eigenvalue weighted by Gasteiger charge is 2.20. The Morgan fingerprint density at radius 2 is 2.29 bits per heavy atom. The highest BCUT2D eigenvalue weighted by molar-refractivity contribution is 5.07. The van der Waals surface area contributed by atoms with Gasteiger partial charge in [0.2, 0.25) is 0 Å². The van der Waals surface area contributed by atoms with Gasteiger partial charge in [-0.2, -0.15) is 0 Å². The number of aromatic nitrogens is 1. The maximum absolute atomic E-state index is 3.61. The van der Waals surface area contributed by atoms with Crippen LogP contribution in [-0.4, -0.2) is 11.0 Å². The van der Waals surface area contributed by atoms with E-state index in [1.807, 2.05) is 6.20 Å². The molecule has 1 aliphatic carbocycles. The monoisotopic (exact) mass is 192 g/mol. The zero-order chi connectivity index (χ0) is 9.80. The molecule has 0 amide bonds. The van der Waals surface area contributed by atoms with Crippen LogP contribution in [0.4, 0.5) is 0 Å². The Morgan fingerprint density at radius 1 is 1.50 bits per heavy atom. The summed E-state index contributed by atoms with van der Waals surface area (Å²) in [5, 5.41) is 3.61. The van der Waals surface area contributed by atoms with Gasteiger partial charge < -0.3 is 10.3 Å². The minimum absolute atomic E-state index is 0.674. The zero-order valence-corrected chi connectivity index (χ0v) is 8.92. The summed E-state index contributed by atoms with van der Waals surface area (Å²) in [5.41, 5.74) is 1.36. The van der Waals surface area contributed by atoms with Crippen molar-refractivity contribution in [2.45, 2.75) is 45.2 Å². The molecule has 0 radical (unpaired) electrons. The molecule has 2 rings (SSSR count). The van der Waals surface area contributed by atoms with E-state index in [9.17, 15) is 0 Å². The number of aromatic amines is 1. The van der Waals surface area contributed by atoms with Crippen molar-refractivity contribution >= 4 is 0 Å². The number of hydrogen-bond donors (Lipinski definition) is 2. The molecule has 0 aromatic carbocycles. The van der Waals surface area contributed by atoms with Crippen molar-refractivity contribution in [3.63, 3.8) is 0 Å². The smallest absolute Gasteiger partial charge is 0.0223 e. The highest BCUT2D eigenvalue weighted by Crippen LogP contribution is 2.27. The molecule has 0 saturated heterocycles. The maximum atomic E-state index is 3.61. The van der Waals surface area contributed by atoms with Crippen molar-refractivity contribution in [1.29, 1.82) is 0 Å². The van der Waals surface area contributed by atoms with Crippen molar-refractivity contribution in [2.75, 3.05) is 0 Å². The van der Waals surface area contributed by atoms with Crippen LogP contribution in [0.1, 0.15) is 38.2 Å². The summed E-state index contributed by atoms with van der Waals surface area (Å²) >= 11 is 0. The summed E-state index contributed by atoms with van der Waals surface area (Å²) in [6.45, 7) is 3.32. The van der Waals surface area contributed by atoms with Crippen molar-refractivity contribution in [1.82, 2.24) is 10.3 Å². The van der Waals surface area contributed by atoms with E-state index in [0.717, 1.165) is 12.5 Å². The Morgan fingerprint density at radius 3 is 2.93 bits per heavy atom. The molecule has 1 aromatic heterocycles. The van der Waals surface area contributed by atoms with E-state index in [0.29, 0.717) is 6.04 Å². The lowest BCUT2D eigenvalue weighted by molar-refractivity contribution is 0.380. The molecule has 1 aliphatic rings. The van der Waals surface area contributed by atoms with E-state index in [1.54, 1.807) is 0 Å². The molecule has 2 nitrogen and oxygen atoms in total. The molecule has 1 saturated carbocycles. The van der Waals surface area contributed by atoms with Gasteiger partial charge in [0, 0.05) is 25.0 Å². The summed E-state index contributed by atoms with van der Waals surface area (Å²) < 4.78 is 0. The van der Waals surface area contributed by atoms with Gasteiger partial charge in [0.15, 0.2) is 0 Å². The maximum Gasteiger partial charge on any atom is 0.0223 e. The Hall–Kier alpha value is -0.760. The number of rotatable bonds is 4. The predicted octanol–water partition coefficient (Wildman–Crippen LogP) is 2.68. The molecular weight excluding hydrogens is 172 g/mol. The lowest BCUT2D eigenvalue weighted by atomic mass is 10.00. The first-order valence-corrected chi connectivity index (χ1v) is 5.71. The second-order valence-corrected chi connectivity index (χ2v) is 4.43. The number of nitrogens with one attached hydrogen (secondary N) is 2. The van der Waals surface area contributed by atoms with Gasteiger partial charge in [-0.25, -0.2) is 0 Å². The lowest BCUT2D eigenvalue weighted by Crippen LogP contribution is -2.31. The highest BCUT2D eigenvalue weighted by atomic mass is 14.9. The van der Waals surface area contributed by atoms with Crippen molar-refractivity contribution in [2.24, 2.45) is 5.92 Å². The largest absolute Gasteiger partial charge is 0.367 e. The van der Waals surface area contributed by atoms with Crippen LogP contribution in [0.5, 0.6) is 0 Å². The third-order valence-electron chi connectivity index (χ3n) is 3.40. The van der Waals surface area contributed by atoms with Gasteiger partial charge in [0.1, 0.15) is 0 Å². The molecule has 0 aliphatic heterocycles. The third-order valence-corrected chi connectivity index (χ3v) is 3.40. The molecule has 0 unspecified atom stereocenters. The Balaban J connectivity index is 1.74. The van der Waals surface area contributed by atoms with Crippen LogP contribution in [-0.2, 0) is 6.54 Å². The molecule has 14 heavy (non-hydrogen) atoms. The Bertz CT molecular complexity index is 247. The van der Waals surface area contributed by atoms with Gasteiger partial charge in [0.05, 0.1) is 0 Å². The van der Waals surface area contributed by atoms with Gasteiger partial charge in [-0.3, -0.25) is 0 Å². The molecule has 2 N–H and O–H groups in total. The topological polar surface area (TPSA) is 27.8 Å². The predicted molar refractivity (Wildman–Crippen MR) is 59.1 cm³/mol. The zero-order valence-electron chi connectivity index (χ0n) is 8.92. The minimum Gasteiger partial charge on any atom is -0.367 e. The van der Waals surface area contributed by atoms with Crippen molar-refractivity contribution in [3.8, 4) is 0 Å². The van der Waals surface area contributed by atoms with E-state index in [-0.39, 0.29) is 0 Å². The van der Waals surface area contributed by atoms with Gasteiger partial charge in [-0.15, -0.1) is 0 Å². The van der Waals surface area contributed by atoms with Crippen LogP contribution in [0.25, 0.3) is 0 Å².